The van der Waals surface area contributed by atoms with Crippen molar-refractivity contribution < 1.29 is 4.79 Å². The quantitative estimate of drug-likeness (QED) is 0.277. The number of carbonyl (C=O) groups is 1. The first-order valence-electron chi connectivity index (χ1n) is 12.6. The van der Waals surface area contributed by atoms with Crippen LogP contribution in [0.5, 0.6) is 0 Å². The van der Waals surface area contributed by atoms with E-state index in [1.54, 1.807) is 17.5 Å². The van der Waals surface area contributed by atoms with Gasteiger partial charge in [0.2, 0.25) is 0 Å². The Morgan fingerprint density at radius 2 is 1.74 bits per heavy atom. The van der Waals surface area contributed by atoms with Crippen molar-refractivity contribution in [2.45, 2.75) is 26.6 Å². The largest absolute Gasteiger partial charge is 0.383 e. The number of nitrogen functional groups attached to an aromatic ring is 1. The van der Waals surface area contributed by atoms with E-state index in [2.05, 4.69) is 39.7 Å². The van der Waals surface area contributed by atoms with Gasteiger partial charge < -0.3 is 11.1 Å². The van der Waals surface area contributed by atoms with Crippen molar-refractivity contribution in [3.05, 3.63) is 118 Å². The number of amides is 1. The van der Waals surface area contributed by atoms with Gasteiger partial charge in [0.05, 0.1) is 24.8 Å². The highest BCUT2D eigenvalue weighted by Gasteiger charge is 2.18. The fourth-order valence-electron chi connectivity index (χ4n) is 4.60. The van der Waals surface area contributed by atoms with Gasteiger partial charge in [0.25, 0.3) is 5.91 Å². The summed E-state index contributed by atoms with van der Waals surface area (Å²) in [5.74, 6) is 0.334. The highest BCUT2D eigenvalue weighted by Crippen LogP contribution is 2.25. The molecule has 3 N–H and O–H groups in total. The number of benzene rings is 2. The number of hydrogen-bond acceptors (Lipinski definition) is 6. The third kappa shape index (κ3) is 5.44. The Balaban J connectivity index is 1.18. The van der Waals surface area contributed by atoms with Crippen LogP contribution in [0.25, 0.3) is 22.0 Å². The van der Waals surface area contributed by atoms with Crippen LogP contribution in [0.3, 0.4) is 0 Å². The molecule has 0 radical (unpaired) electrons. The van der Waals surface area contributed by atoms with E-state index in [0.717, 1.165) is 39.6 Å². The van der Waals surface area contributed by atoms with E-state index < -0.39 is 0 Å². The summed E-state index contributed by atoms with van der Waals surface area (Å²) >= 11 is 1.58. The number of thiophene rings is 1. The summed E-state index contributed by atoms with van der Waals surface area (Å²) in [6.45, 7) is 3.71. The summed E-state index contributed by atoms with van der Waals surface area (Å²) in [6.07, 6.45) is 7.41. The molecule has 0 fully saturated rings. The molecule has 1 amide bonds. The smallest absolute Gasteiger partial charge is 0.255 e. The molecule has 4 aromatic heterocycles. The zero-order valence-electron chi connectivity index (χ0n) is 21.4. The van der Waals surface area contributed by atoms with Crippen molar-refractivity contribution in [2.75, 3.05) is 5.73 Å². The predicted octanol–water partition coefficient (Wildman–Crippen LogP) is 5.27. The van der Waals surface area contributed by atoms with Crippen LogP contribution < -0.4 is 11.1 Å². The second-order valence-corrected chi connectivity index (χ2v) is 10.3. The zero-order chi connectivity index (χ0) is 26.8. The fraction of sp³-hybridized carbons (Fsp3) is 0.133. The number of pyridine rings is 1. The lowest BCUT2D eigenvalue weighted by atomic mass is 10.1. The zero-order valence-corrected chi connectivity index (χ0v) is 22.2. The van der Waals surface area contributed by atoms with Crippen molar-refractivity contribution in [2.24, 2.45) is 0 Å². The molecule has 6 rings (SSSR count). The van der Waals surface area contributed by atoms with Crippen LogP contribution in [0, 0.1) is 6.92 Å². The van der Waals surface area contributed by atoms with Gasteiger partial charge in [-0.1, -0.05) is 36.4 Å². The second kappa shape index (κ2) is 10.5. The Morgan fingerprint density at radius 1 is 0.974 bits per heavy atom. The average molecular weight is 534 g/mol. The molecule has 0 atom stereocenters. The van der Waals surface area contributed by atoms with E-state index in [-0.39, 0.29) is 5.91 Å². The third-order valence-corrected chi connectivity index (χ3v) is 7.27. The molecule has 4 heterocycles. The standard InChI is InChI=1S/C30H27N7OS/c1-20-13-34-36(15-20)16-21-2-4-22(5-3-21)17-37-18-27(28(35-37)25-9-11-39-19-25)30(38)33-14-23-6-7-26-24(12-23)8-10-32-29(26)31/h2-13,15,18-19H,14,16-17H2,1H3,(H2,31,32)(H,33,38). The molecule has 0 aliphatic carbocycles. The first kappa shape index (κ1) is 24.6. The van der Waals surface area contributed by atoms with Crippen LogP contribution in [0.1, 0.15) is 32.6 Å². The maximum Gasteiger partial charge on any atom is 0.255 e. The molecule has 0 saturated carbocycles. The first-order valence-corrected chi connectivity index (χ1v) is 13.5. The van der Waals surface area contributed by atoms with E-state index in [1.165, 1.54) is 5.56 Å². The minimum atomic E-state index is -0.165. The van der Waals surface area contributed by atoms with E-state index >= 15 is 0 Å². The van der Waals surface area contributed by atoms with E-state index in [4.69, 9.17) is 10.8 Å². The SMILES string of the molecule is Cc1cnn(Cc2ccc(Cn3cc(C(=O)NCc4ccc5c(N)nccc5c4)c(-c4ccsc4)n3)cc2)c1. The Labute approximate surface area is 229 Å². The Hall–Kier alpha value is -4.76. The van der Waals surface area contributed by atoms with Gasteiger partial charge in [-0.3, -0.25) is 14.2 Å². The molecule has 39 heavy (non-hydrogen) atoms. The summed E-state index contributed by atoms with van der Waals surface area (Å²) in [6, 6.07) is 18.2. The lowest BCUT2D eigenvalue weighted by molar-refractivity contribution is 0.0951. The van der Waals surface area contributed by atoms with Gasteiger partial charge >= 0.3 is 0 Å². The molecule has 0 spiro atoms. The molecule has 194 valence electrons. The Bertz CT molecular complexity index is 1750. The van der Waals surface area contributed by atoms with Crippen molar-refractivity contribution in [3.8, 4) is 11.3 Å². The molecule has 0 unspecified atom stereocenters. The summed E-state index contributed by atoms with van der Waals surface area (Å²) in [5.41, 5.74) is 12.5. The van der Waals surface area contributed by atoms with Gasteiger partial charge in [-0.15, -0.1) is 0 Å². The topological polar surface area (TPSA) is 104 Å². The molecular formula is C30H27N7OS. The van der Waals surface area contributed by atoms with E-state index in [1.807, 2.05) is 76.0 Å². The van der Waals surface area contributed by atoms with Crippen LogP contribution >= 0.6 is 11.3 Å². The Kier molecular flexibility index (Phi) is 6.64. The molecular weight excluding hydrogens is 506 g/mol. The van der Waals surface area contributed by atoms with Gasteiger partial charge in [-0.25, -0.2) is 4.98 Å². The molecule has 0 saturated heterocycles. The van der Waals surface area contributed by atoms with Crippen LogP contribution in [0.2, 0.25) is 0 Å². The summed E-state index contributed by atoms with van der Waals surface area (Å²) in [7, 11) is 0. The number of hydrogen-bond donors (Lipinski definition) is 2. The minimum Gasteiger partial charge on any atom is -0.383 e. The number of anilines is 1. The number of nitrogens with two attached hydrogens (primary N) is 1. The number of fused-ring (bicyclic) bond motifs is 1. The van der Waals surface area contributed by atoms with Crippen molar-refractivity contribution in [3.63, 3.8) is 0 Å². The summed E-state index contributed by atoms with van der Waals surface area (Å²) in [4.78, 5) is 17.5. The third-order valence-electron chi connectivity index (χ3n) is 6.59. The number of rotatable bonds is 8. The maximum atomic E-state index is 13.3. The van der Waals surface area contributed by atoms with Gasteiger partial charge in [0.15, 0.2) is 0 Å². The Morgan fingerprint density at radius 3 is 2.46 bits per heavy atom. The maximum absolute atomic E-state index is 13.3. The minimum absolute atomic E-state index is 0.165. The average Bonchev–Trinajstić information content (AvgIpc) is 3.70. The van der Waals surface area contributed by atoms with Gasteiger partial charge in [-0.05, 0) is 58.1 Å². The molecule has 0 aliphatic heterocycles. The van der Waals surface area contributed by atoms with E-state index in [0.29, 0.717) is 30.2 Å². The van der Waals surface area contributed by atoms with Gasteiger partial charge in [-0.2, -0.15) is 21.5 Å². The van der Waals surface area contributed by atoms with Crippen LogP contribution in [0.15, 0.2) is 90.1 Å². The fourth-order valence-corrected chi connectivity index (χ4v) is 5.24. The normalized spacial score (nSPS) is 11.2. The number of nitrogens with one attached hydrogen (secondary N) is 1. The predicted molar refractivity (Wildman–Crippen MR) is 154 cm³/mol. The van der Waals surface area contributed by atoms with E-state index in [9.17, 15) is 4.79 Å². The molecule has 6 aromatic rings. The molecule has 0 bridgehead atoms. The lowest BCUT2D eigenvalue weighted by Crippen LogP contribution is -2.23. The number of aromatic nitrogens is 5. The molecule has 2 aromatic carbocycles. The highest BCUT2D eigenvalue weighted by molar-refractivity contribution is 7.08. The molecule has 9 heteroatoms. The monoisotopic (exact) mass is 533 g/mol. The summed E-state index contributed by atoms with van der Waals surface area (Å²) < 4.78 is 3.76. The molecule has 8 nitrogen and oxygen atoms in total. The van der Waals surface area contributed by atoms with Crippen LogP contribution in [-0.2, 0) is 19.6 Å². The van der Waals surface area contributed by atoms with Crippen molar-refractivity contribution in [1.82, 2.24) is 29.9 Å². The lowest BCUT2D eigenvalue weighted by Gasteiger charge is -2.07. The van der Waals surface area contributed by atoms with Crippen molar-refractivity contribution >= 4 is 33.8 Å². The van der Waals surface area contributed by atoms with Crippen LogP contribution in [0.4, 0.5) is 5.82 Å². The first-order chi connectivity index (χ1) is 19.0. The second-order valence-electron chi connectivity index (χ2n) is 9.57. The number of nitrogens with zero attached hydrogens (tertiary/aromatic N) is 5. The van der Waals surface area contributed by atoms with Gasteiger partial charge in [0.1, 0.15) is 11.5 Å². The highest BCUT2D eigenvalue weighted by atomic mass is 32.1. The number of carbonyl (C=O) groups excluding carboxylic acids is 1. The van der Waals surface area contributed by atoms with Crippen molar-refractivity contribution in [1.29, 1.82) is 0 Å². The molecule has 0 aliphatic rings. The number of aryl methyl sites for hydroxylation is 1. The van der Waals surface area contributed by atoms with Crippen LogP contribution in [-0.4, -0.2) is 30.5 Å². The summed E-state index contributed by atoms with van der Waals surface area (Å²) in [5, 5.41) is 18.1. The van der Waals surface area contributed by atoms with Gasteiger partial charge in [0, 0.05) is 41.5 Å².